The number of benzene rings is 1. The van der Waals surface area contributed by atoms with Crippen LogP contribution in [0.15, 0.2) is 18.2 Å². The topological polar surface area (TPSA) is 76.7 Å². The van der Waals surface area contributed by atoms with E-state index in [9.17, 15) is 9.59 Å². The van der Waals surface area contributed by atoms with E-state index in [0.717, 1.165) is 0 Å². The van der Waals surface area contributed by atoms with Crippen LogP contribution < -0.4 is 10.6 Å². The summed E-state index contributed by atoms with van der Waals surface area (Å²) in [5.74, 6) is 0. The standard InChI is InChI=1S/C16H23ClN2O4/c1-15(2,3)22-13(20)18-11-8-7-10(17)9-12(11)19-14(21)23-16(4,5)6/h7-9H,1-6H3,(H,18,20)(H,19,21). The molecule has 1 aromatic carbocycles. The van der Waals surface area contributed by atoms with Crippen LogP contribution in [0.5, 0.6) is 0 Å². The van der Waals surface area contributed by atoms with Gasteiger partial charge in [-0.2, -0.15) is 0 Å². The number of amides is 2. The van der Waals surface area contributed by atoms with Crippen LogP contribution in [0.1, 0.15) is 41.5 Å². The summed E-state index contributed by atoms with van der Waals surface area (Å²) >= 11 is 5.94. The van der Waals surface area contributed by atoms with Crippen LogP contribution in [0.4, 0.5) is 21.0 Å². The first-order valence-corrected chi connectivity index (χ1v) is 7.53. The van der Waals surface area contributed by atoms with E-state index < -0.39 is 23.4 Å². The average molecular weight is 343 g/mol. The van der Waals surface area contributed by atoms with Crippen LogP contribution in [0.2, 0.25) is 5.02 Å². The highest BCUT2D eigenvalue weighted by atomic mass is 35.5. The lowest BCUT2D eigenvalue weighted by molar-refractivity contribution is 0.0621. The lowest BCUT2D eigenvalue weighted by Gasteiger charge is -2.22. The fourth-order valence-electron chi connectivity index (χ4n) is 1.56. The summed E-state index contributed by atoms with van der Waals surface area (Å²) in [5, 5.41) is 5.54. The zero-order chi connectivity index (χ0) is 17.8. The molecular formula is C16H23ClN2O4. The Morgan fingerprint density at radius 3 is 1.74 bits per heavy atom. The van der Waals surface area contributed by atoms with Crippen molar-refractivity contribution in [3.05, 3.63) is 23.2 Å². The summed E-state index contributed by atoms with van der Waals surface area (Å²) < 4.78 is 10.4. The molecule has 0 bridgehead atoms. The molecule has 0 radical (unpaired) electrons. The summed E-state index contributed by atoms with van der Waals surface area (Å²) in [7, 11) is 0. The molecule has 6 nitrogen and oxygen atoms in total. The first kappa shape index (κ1) is 19.1. The lowest BCUT2D eigenvalue weighted by atomic mass is 10.2. The molecule has 0 heterocycles. The molecule has 0 aromatic heterocycles. The largest absolute Gasteiger partial charge is 0.444 e. The number of halogens is 1. The van der Waals surface area contributed by atoms with Gasteiger partial charge in [0.2, 0.25) is 0 Å². The Labute approximate surface area is 141 Å². The second-order valence-electron chi connectivity index (χ2n) is 6.94. The van der Waals surface area contributed by atoms with Gasteiger partial charge < -0.3 is 9.47 Å². The second kappa shape index (κ2) is 7.08. The van der Waals surface area contributed by atoms with Crippen LogP contribution in [-0.4, -0.2) is 23.4 Å². The van der Waals surface area contributed by atoms with E-state index in [0.29, 0.717) is 16.4 Å². The Hall–Kier alpha value is -1.95. The molecule has 128 valence electrons. The van der Waals surface area contributed by atoms with Gasteiger partial charge in [-0.25, -0.2) is 9.59 Å². The molecule has 0 saturated carbocycles. The minimum absolute atomic E-state index is 0.317. The van der Waals surface area contributed by atoms with Crippen molar-refractivity contribution < 1.29 is 19.1 Å². The molecule has 2 amide bonds. The average Bonchev–Trinajstić information content (AvgIpc) is 2.27. The van der Waals surface area contributed by atoms with Gasteiger partial charge in [0.25, 0.3) is 0 Å². The number of anilines is 2. The third-order valence-electron chi connectivity index (χ3n) is 2.25. The molecule has 7 heteroatoms. The minimum atomic E-state index is -0.646. The Morgan fingerprint density at radius 2 is 1.30 bits per heavy atom. The fraction of sp³-hybridized carbons (Fsp3) is 0.500. The molecule has 23 heavy (non-hydrogen) atoms. The van der Waals surface area contributed by atoms with Crippen molar-refractivity contribution in [2.24, 2.45) is 0 Å². The van der Waals surface area contributed by atoms with Crippen LogP contribution in [0.3, 0.4) is 0 Å². The Kier molecular flexibility index (Phi) is 5.88. The summed E-state index contributed by atoms with van der Waals surface area (Å²) in [6, 6.07) is 4.67. The van der Waals surface area contributed by atoms with Crippen molar-refractivity contribution in [3.8, 4) is 0 Å². The Balaban J connectivity index is 2.89. The molecule has 0 saturated heterocycles. The molecule has 0 aliphatic carbocycles. The van der Waals surface area contributed by atoms with E-state index >= 15 is 0 Å². The molecule has 1 rings (SSSR count). The smallest absolute Gasteiger partial charge is 0.412 e. The predicted molar refractivity (Wildman–Crippen MR) is 91.2 cm³/mol. The number of rotatable bonds is 2. The molecule has 0 unspecified atom stereocenters. The van der Waals surface area contributed by atoms with Crippen molar-refractivity contribution in [1.29, 1.82) is 0 Å². The third-order valence-corrected chi connectivity index (χ3v) is 2.49. The molecule has 0 atom stereocenters. The highest BCUT2D eigenvalue weighted by molar-refractivity contribution is 6.31. The normalized spacial score (nSPS) is 11.6. The maximum atomic E-state index is 11.9. The quantitative estimate of drug-likeness (QED) is 0.789. The number of carbonyl (C=O) groups excluding carboxylic acids is 2. The highest BCUT2D eigenvalue weighted by Crippen LogP contribution is 2.27. The summed E-state index contributed by atoms with van der Waals surface area (Å²) in [5.41, 5.74) is -0.594. The number of hydrogen-bond acceptors (Lipinski definition) is 4. The van der Waals surface area contributed by atoms with E-state index in [1.807, 2.05) is 0 Å². The third kappa shape index (κ3) is 7.74. The molecular weight excluding hydrogens is 320 g/mol. The van der Waals surface area contributed by atoms with E-state index in [1.54, 1.807) is 53.7 Å². The highest BCUT2D eigenvalue weighted by Gasteiger charge is 2.20. The van der Waals surface area contributed by atoms with E-state index in [2.05, 4.69) is 10.6 Å². The van der Waals surface area contributed by atoms with Crippen LogP contribution in [0.25, 0.3) is 0 Å². The monoisotopic (exact) mass is 342 g/mol. The van der Waals surface area contributed by atoms with Gasteiger partial charge in [0, 0.05) is 5.02 Å². The maximum Gasteiger partial charge on any atom is 0.412 e. The number of carbonyl (C=O) groups is 2. The number of ether oxygens (including phenoxy) is 2. The van der Waals surface area contributed by atoms with Gasteiger partial charge in [0.15, 0.2) is 0 Å². The van der Waals surface area contributed by atoms with Gasteiger partial charge in [-0.05, 0) is 59.7 Å². The molecule has 0 fully saturated rings. The van der Waals surface area contributed by atoms with Crippen LogP contribution in [-0.2, 0) is 9.47 Å². The van der Waals surface area contributed by atoms with Crippen molar-refractivity contribution in [1.82, 2.24) is 0 Å². The number of nitrogens with one attached hydrogen (secondary N) is 2. The van der Waals surface area contributed by atoms with Gasteiger partial charge in [0.1, 0.15) is 11.2 Å². The van der Waals surface area contributed by atoms with Gasteiger partial charge in [-0.1, -0.05) is 11.6 Å². The van der Waals surface area contributed by atoms with Crippen LogP contribution in [0, 0.1) is 0 Å². The van der Waals surface area contributed by atoms with E-state index in [1.165, 1.54) is 6.07 Å². The van der Waals surface area contributed by atoms with E-state index in [4.69, 9.17) is 21.1 Å². The van der Waals surface area contributed by atoms with Gasteiger partial charge in [0.05, 0.1) is 11.4 Å². The molecule has 1 aromatic rings. The summed E-state index contributed by atoms with van der Waals surface area (Å²) in [6.07, 6.45) is -1.28. The zero-order valence-corrected chi connectivity index (χ0v) is 15.0. The zero-order valence-electron chi connectivity index (χ0n) is 14.2. The van der Waals surface area contributed by atoms with Crippen molar-refractivity contribution in [3.63, 3.8) is 0 Å². The summed E-state index contributed by atoms with van der Waals surface area (Å²) in [4.78, 5) is 23.8. The first-order chi connectivity index (χ1) is 10.4. The van der Waals surface area contributed by atoms with Gasteiger partial charge >= 0.3 is 12.2 Å². The predicted octanol–water partition coefficient (Wildman–Crippen LogP) is 5.03. The van der Waals surface area contributed by atoms with E-state index in [-0.39, 0.29) is 0 Å². The summed E-state index contributed by atoms with van der Waals surface area (Å²) in [6.45, 7) is 10.5. The Bertz CT molecular complexity index is 589. The van der Waals surface area contributed by atoms with Gasteiger partial charge in [-0.15, -0.1) is 0 Å². The Morgan fingerprint density at radius 1 is 0.870 bits per heavy atom. The molecule has 0 aliphatic rings. The van der Waals surface area contributed by atoms with Crippen molar-refractivity contribution in [2.45, 2.75) is 52.7 Å². The molecule has 0 spiro atoms. The first-order valence-electron chi connectivity index (χ1n) is 7.15. The second-order valence-corrected chi connectivity index (χ2v) is 7.38. The van der Waals surface area contributed by atoms with Crippen LogP contribution >= 0.6 is 11.6 Å². The van der Waals surface area contributed by atoms with Gasteiger partial charge in [-0.3, -0.25) is 10.6 Å². The molecule has 2 N–H and O–H groups in total. The van der Waals surface area contributed by atoms with Crippen molar-refractivity contribution >= 4 is 35.2 Å². The lowest BCUT2D eigenvalue weighted by Crippen LogP contribution is -2.29. The molecule has 0 aliphatic heterocycles. The maximum absolute atomic E-state index is 11.9. The number of hydrogen-bond donors (Lipinski definition) is 2. The van der Waals surface area contributed by atoms with Crippen molar-refractivity contribution in [2.75, 3.05) is 10.6 Å². The SMILES string of the molecule is CC(C)(C)OC(=O)Nc1ccc(Cl)cc1NC(=O)OC(C)(C)C. The minimum Gasteiger partial charge on any atom is -0.444 e. The fourth-order valence-corrected chi connectivity index (χ4v) is 1.73.